The minimum absolute atomic E-state index is 0.00107. The van der Waals surface area contributed by atoms with Crippen molar-refractivity contribution in [3.8, 4) is 0 Å². The molecule has 0 aliphatic rings. The minimum atomic E-state index is -0.566. The smallest absolute Gasteiger partial charge is 0.320 e. The van der Waals surface area contributed by atoms with Gasteiger partial charge in [-0.05, 0) is 24.3 Å². The average Bonchev–Trinajstić information content (AvgIpc) is 2.58. The lowest BCUT2D eigenvalue weighted by atomic mass is 10.2. The van der Waals surface area contributed by atoms with Crippen molar-refractivity contribution in [1.29, 1.82) is 0 Å². The number of nitrogens with zero attached hydrogens (tertiary/aromatic N) is 1. The van der Waals surface area contributed by atoms with Crippen molar-refractivity contribution in [2.75, 3.05) is 41.0 Å². The monoisotopic (exact) mass is 380 g/mol. The first-order valence-corrected chi connectivity index (χ1v) is 8.16. The van der Waals surface area contributed by atoms with Gasteiger partial charge in [-0.25, -0.2) is 0 Å². The number of halogens is 3. The molecule has 0 aromatic heterocycles. The second-order valence-electron chi connectivity index (χ2n) is 4.26. The molecule has 0 spiro atoms. The van der Waals surface area contributed by atoms with Gasteiger partial charge in [-0.2, -0.15) is 0 Å². The Morgan fingerprint density at radius 3 is 2.17 bits per heavy atom. The van der Waals surface area contributed by atoms with Crippen molar-refractivity contribution in [1.82, 2.24) is 0 Å². The van der Waals surface area contributed by atoms with Gasteiger partial charge in [0.2, 0.25) is 11.8 Å². The van der Waals surface area contributed by atoms with E-state index in [2.05, 4.69) is 5.32 Å². The number of hydrogen-bond acceptors (Lipinski definition) is 4. The predicted octanol–water partition coefficient (Wildman–Crippen LogP) is 2.22. The van der Waals surface area contributed by atoms with E-state index in [1.807, 2.05) is 0 Å². The van der Waals surface area contributed by atoms with E-state index in [4.69, 9.17) is 39.5 Å². The first kappa shape index (κ1) is 19.5. The molecule has 0 aliphatic carbocycles. The van der Waals surface area contributed by atoms with Gasteiger partial charge in [-0.3, -0.25) is 14.4 Å². The van der Waals surface area contributed by atoms with E-state index in [-0.39, 0.29) is 42.6 Å². The summed E-state index contributed by atoms with van der Waals surface area (Å²) in [6.45, 7) is 0.139. The van der Waals surface area contributed by atoms with Crippen LogP contribution in [0, 0.1) is 0 Å². The molecule has 1 rings (SSSR count). The van der Waals surface area contributed by atoms with Crippen molar-refractivity contribution in [2.45, 2.75) is 0 Å². The molecule has 6 nitrogen and oxygen atoms in total. The number of anilines is 2. The number of ether oxygens (including phenoxy) is 1. The van der Waals surface area contributed by atoms with Crippen molar-refractivity contribution < 1.29 is 19.1 Å². The number of hydrogen-bond donors (Lipinski definition) is 1. The van der Waals surface area contributed by atoms with Crippen LogP contribution in [0.5, 0.6) is 0 Å². The van der Waals surface area contributed by atoms with Crippen LogP contribution < -0.4 is 10.2 Å². The number of carbonyl (C=O) groups excluding carboxylic acids is 3. The molecule has 0 atom stereocenters. The normalized spacial score (nSPS) is 10.0. The summed E-state index contributed by atoms with van der Waals surface area (Å²) >= 11 is 16.3. The number of alkyl halides is 3. The number of amides is 2. The summed E-state index contributed by atoms with van der Waals surface area (Å²) in [5.41, 5.74) is 1.10. The summed E-state index contributed by atoms with van der Waals surface area (Å²) in [5.74, 6) is -1.85. The maximum Gasteiger partial charge on any atom is 0.320 e. The van der Waals surface area contributed by atoms with Gasteiger partial charge >= 0.3 is 5.97 Å². The highest BCUT2D eigenvalue weighted by atomic mass is 35.5. The van der Waals surface area contributed by atoms with Crippen LogP contribution in [-0.2, 0) is 19.1 Å². The fourth-order valence-corrected chi connectivity index (χ4v) is 1.97. The molecular formula is C14H15Cl3N2O4. The number of nitrogens with one attached hydrogen (secondary N) is 1. The van der Waals surface area contributed by atoms with Crippen LogP contribution in [0.15, 0.2) is 24.3 Å². The van der Waals surface area contributed by atoms with E-state index >= 15 is 0 Å². The Kier molecular flexibility index (Phi) is 8.76. The Balaban J connectivity index is 2.76. The van der Waals surface area contributed by atoms with Gasteiger partial charge < -0.3 is 15.0 Å². The van der Waals surface area contributed by atoms with Crippen molar-refractivity contribution in [3.63, 3.8) is 0 Å². The van der Waals surface area contributed by atoms with Gasteiger partial charge in [-0.1, -0.05) is 0 Å². The topological polar surface area (TPSA) is 75.7 Å². The molecule has 1 aromatic rings. The van der Waals surface area contributed by atoms with E-state index in [1.54, 1.807) is 24.3 Å². The molecule has 0 aliphatic heterocycles. The fourth-order valence-electron chi connectivity index (χ4n) is 1.68. The van der Waals surface area contributed by atoms with Crippen LogP contribution in [-0.4, -0.2) is 48.6 Å². The summed E-state index contributed by atoms with van der Waals surface area (Å²) in [6.07, 6.45) is 0. The molecule has 0 fully saturated rings. The zero-order valence-electron chi connectivity index (χ0n) is 12.1. The first-order valence-electron chi connectivity index (χ1n) is 6.55. The Morgan fingerprint density at radius 2 is 1.65 bits per heavy atom. The van der Waals surface area contributed by atoms with Crippen LogP contribution in [0.1, 0.15) is 0 Å². The number of rotatable bonds is 8. The summed E-state index contributed by atoms with van der Waals surface area (Å²) < 4.78 is 4.85. The van der Waals surface area contributed by atoms with Crippen LogP contribution in [0.4, 0.5) is 11.4 Å². The second kappa shape index (κ2) is 10.3. The minimum Gasteiger partial charge on any atom is -0.463 e. The Hall–Kier alpha value is -1.50. The molecule has 1 N–H and O–H groups in total. The van der Waals surface area contributed by atoms with Crippen molar-refractivity contribution >= 4 is 64.0 Å². The molecule has 2 amide bonds. The zero-order valence-corrected chi connectivity index (χ0v) is 14.3. The highest BCUT2D eigenvalue weighted by Crippen LogP contribution is 2.18. The standard InChI is InChI=1S/C14H15Cl3N2O4/c15-7-12(20)18-10-1-3-11(4-2-10)19(13(21)8-16)5-6-23-14(22)9-17/h1-4H,5-9H2,(H,18,20). The molecule has 0 unspecified atom stereocenters. The fraction of sp³-hybridized carbons (Fsp3) is 0.357. The zero-order chi connectivity index (χ0) is 17.2. The molecule has 0 bridgehead atoms. The molecule has 0 heterocycles. The SMILES string of the molecule is O=C(CCl)Nc1ccc(N(CCOC(=O)CCl)C(=O)CCl)cc1. The van der Waals surface area contributed by atoms with Crippen molar-refractivity contribution in [3.05, 3.63) is 24.3 Å². The van der Waals surface area contributed by atoms with Gasteiger partial charge in [0.1, 0.15) is 24.2 Å². The van der Waals surface area contributed by atoms with Gasteiger partial charge in [0.15, 0.2) is 0 Å². The quantitative estimate of drug-likeness (QED) is 0.553. The van der Waals surface area contributed by atoms with Crippen LogP contribution in [0.2, 0.25) is 0 Å². The number of carbonyl (C=O) groups is 3. The van der Waals surface area contributed by atoms with Crippen LogP contribution in [0.25, 0.3) is 0 Å². The van der Waals surface area contributed by atoms with E-state index in [9.17, 15) is 14.4 Å². The predicted molar refractivity (Wildman–Crippen MR) is 90.5 cm³/mol. The van der Waals surface area contributed by atoms with Gasteiger partial charge in [0.25, 0.3) is 0 Å². The number of benzene rings is 1. The van der Waals surface area contributed by atoms with Gasteiger partial charge in [0, 0.05) is 11.4 Å². The molecule has 9 heteroatoms. The maximum atomic E-state index is 11.9. The van der Waals surface area contributed by atoms with Crippen molar-refractivity contribution in [2.24, 2.45) is 0 Å². The highest BCUT2D eigenvalue weighted by Gasteiger charge is 2.15. The lowest BCUT2D eigenvalue weighted by molar-refractivity contribution is -0.140. The Morgan fingerprint density at radius 1 is 1.00 bits per heavy atom. The lowest BCUT2D eigenvalue weighted by Gasteiger charge is -2.22. The third kappa shape index (κ3) is 6.64. The first-order chi connectivity index (χ1) is 11.0. The third-order valence-electron chi connectivity index (χ3n) is 2.69. The number of esters is 1. The summed E-state index contributed by atoms with van der Waals surface area (Å²) in [7, 11) is 0. The molecule has 23 heavy (non-hydrogen) atoms. The molecular weight excluding hydrogens is 367 g/mol. The van der Waals surface area contributed by atoms with Crippen LogP contribution in [0.3, 0.4) is 0 Å². The third-order valence-corrected chi connectivity index (χ3v) is 3.38. The summed E-state index contributed by atoms with van der Waals surface area (Å²) in [4.78, 5) is 35.5. The molecule has 1 aromatic carbocycles. The summed E-state index contributed by atoms with van der Waals surface area (Å²) in [5, 5.41) is 2.58. The van der Waals surface area contributed by atoms with Gasteiger partial charge in [0.05, 0.1) is 6.54 Å². The maximum absolute atomic E-state index is 11.9. The largest absolute Gasteiger partial charge is 0.463 e. The van der Waals surface area contributed by atoms with E-state index in [1.165, 1.54) is 4.90 Å². The Labute approximate surface area is 148 Å². The van der Waals surface area contributed by atoms with E-state index in [0.29, 0.717) is 11.4 Å². The van der Waals surface area contributed by atoms with Gasteiger partial charge in [-0.15, -0.1) is 34.8 Å². The van der Waals surface area contributed by atoms with Crippen LogP contribution >= 0.6 is 34.8 Å². The van der Waals surface area contributed by atoms with E-state index in [0.717, 1.165) is 0 Å². The Bertz CT molecular complexity index is 551. The average molecular weight is 382 g/mol. The molecule has 0 saturated carbocycles. The highest BCUT2D eigenvalue weighted by molar-refractivity contribution is 6.29. The summed E-state index contributed by atoms with van der Waals surface area (Å²) in [6, 6.07) is 6.52. The lowest BCUT2D eigenvalue weighted by Crippen LogP contribution is -2.35. The second-order valence-corrected chi connectivity index (χ2v) is 5.06. The molecule has 126 valence electrons. The molecule has 0 radical (unpaired) electrons. The van der Waals surface area contributed by atoms with E-state index < -0.39 is 5.97 Å². The molecule has 0 saturated heterocycles.